The molecule has 0 fully saturated rings. The lowest BCUT2D eigenvalue weighted by atomic mass is 10.1. The van der Waals surface area contributed by atoms with Crippen LogP contribution >= 0.6 is 0 Å². The number of nitrogens with zero attached hydrogens (tertiary/aromatic N) is 2. The molecule has 0 aliphatic carbocycles. The summed E-state index contributed by atoms with van der Waals surface area (Å²) in [5.41, 5.74) is 8.70. The Labute approximate surface area is 161 Å². The van der Waals surface area contributed by atoms with Crippen LogP contribution in [-0.4, -0.2) is 28.5 Å². The van der Waals surface area contributed by atoms with Crippen LogP contribution in [0.2, 0.25) is 0 Å². The van der Waals surface area contributed by atoms with Crippen molar-refractivity contribution in [1.82, 2.24) is 9.97 Å². The van der Waals surface area contributed by atoms with Crippen LogP contribution in [0.1, 0.15) is 50.4 Å². The zero-order valence-corrected chi connectivity index (χ0v) is 16.2. The number of nitrogen functional groups attached to an aromatic ring is 1. The number of ether oxygens (including phenoxy) is 2. The lowest BCUT2D eigenvalue weighted by molar-refractivity contribution is 0.0460. The van der Waals surface area contributed by atoms with E-state index < -0.39 is 11.9 Å². The van der Waals surface area contributed by atoms with Crippen molar-refractivity contribution in [3.8, 4) is 0 Å². The monoisotopic (exact) mass is 383 g/mol. The topological polar surface area (TPSA) is 118 Å². The van der Waals surface area contributed by atoms with Crippen molar-refractivity contribution in [3.63, 3.8) is 0 Å². The maximum atomic E-state index is 12.3. The lowest BCUT2D eigenvalue weighted by Crippen LogP contribution is -2.11. The first-order chi connectivity index (χ1) is 13.3. The summed E-state index contributed by atoms with van der Waals surface area (Å²) in [5.74, 6) is -0.473. The van der Waals surface area contributed by atoms with Crippen LogP contribution in [0, 0.1) is 20.8 Å². The van der Waals surface area contributed by atoms with Crippen molar-refractivity contribution in [2.24, 2.45) is 0 Å². The van der Waals surface area contributed by atoms with Crippen molar-refractivity contribution in [2.45, 2.75) is 34.3 Å². The van der Waals surface area contributed by atoms with E-state index in [9.17, 15) is 9.59 Å². The number of benzene rings is 1. The molecule has 28 heavy (non-hydrogen) atoms. The summed E-state index contributed by atoms with van der Waals surface area (Å²) in [4.78, 5) is 32.8. The second kappa shape index (κ2) is 7.67. The number of anilines is 1. The van der Waals surface area contributed by atoms with E-state index in [4.69, 9.17) is 19.6 Å². The van der Waals surface area contributed by atoms with Gasteiger partial charge in [0.1, 0.15) is 17.1 Å². The number of furan rings is 1. The second-order valence-electron chi connectivity index (χ2n) is 6.35. The van der Waals surface area contributed by atoms with Gasteiger partial charge in [-0.2, -0.15) is 4.98 Å². The van der Waals surface area contributed by atoms with Gasteiger partial charge in [-0.15, -0.1) is 0 Å². The Morgan fingerprint density at radius 2 is 1.86 bits per heavy atom. The molecule has 2 aromatic heterocycles. The van der Waals surface area contributed by atoms with Crippen molar-refractivity contribution < 1.29 is 23.5 Å². The Morgan fingerprint density at radius 3 is 2.54 bits per heavy atom. The Bertz CT molecular complexity index is 1070. The van der Waals surface area contributed by atoms with E-state index in [-0.39, 0.29) is 36.1 Å². The maximum Gasteiger partial charge on any atom is 0.342 e. The molecule has 0 unspecified atom stereocenters. The highest BCUT2D eigenvalue weighted by Gasteiger charge is 2.24. The fourth-order valence-corrected chi connectivity index (χ4v) is 2.95. The van der Waals surface area contributed by atoms with Crippen molar-refractivity contribution in [2.75, 3.05) is 12.3 Å². The standard InChI is InChI=1S/C20H21N3O5/c1-5-26-20(25)15-12(4)28-18-16(15)17(21)22-14(23-18)9-27-19(24)13-7-6-10(2)8-11(13)3/h6-8H,5,9H2,1-4H3,(H2,21,22,23). The molecule has 2 heterocycles. The third-order valence-corrected chi connectivity index (χ3v) is 4.22. The predicted molar refractivity (Wildman–Crippen MR) is 102 cm³/mol. The van der Waals surface area contributed by atoms with E-state index in [1.54, 1.807) is 19.9 Å². The van der Waals surface area contributed by atoms with Gasteiger partial charge in [0.2, 0.25) is 5.71 Å². The van der Waals surface area contributed by atoms with Gasteiger partial charge in [0, 0.05) is 0 Å². The van der Waals surface area contributed by atoms with E-state index >= 15 is 0 Å². The molecule has 8 nitrogen and oxygen atoms in total. The van der Waals surface area contributed by atoms with E-state index in [0.717, 1.165) is 11.1 Å². The van der Waals surface area contributed by atoms with E-state index in [1.165, 1.54) is 0 Å². The molecule has 0 spiro atoms. The minimum Gasteiger partial charge on any atom is -0.462 e. The normalized spacial score (nSPS) is 10.9. The summed E-state index contributed by atoms with van der Waals surface area (Å²) in [6, 6.07) is 5.46. The SMILES string of the molecule is CCOC(=O)c1c(C)oc2nc(COC(=O)c3ccc(C)cc3C)nc(N)c12. The molecule has 0 aliphatic rings. The lowest BCUT2D eigenvalue weighted by Gasteiger charge is -2.08. The number of fused-ring (bicyclic) bond motifs is 1. The molecule has 3 rings (SSSR count). The number of hydrogen-bond acceptors (Lipinski definition) is 8. The zero-order valence-electron chi connectivity index (χ0n) is 16.2. The molecule has 2 N–H and O–H groups in total. The van der Waals surface area contributed by atoms with Crippen molar-refractivity contribution in [1.29, 1.82) is 0 Å². The summed E-state index contributed by atoms with van der Waals surface area (Å²) >= 11 is 0. The number of nitrogens with two attached hydrogens (primary N) is 1. The van der Waals surface area contributed by atoms with Crippen LogP contribution in [0.3, 0.4) is 0 Å². The fourth-order valence-electron chi connectivity index (χ4n) is 2.95. The minimum atomic E-state index is -0.553. The van der Waals surface area contributed by atoms with Gasteiger partial charge in [0.15, 0.2) is 12.4 Å². The van der Waals surface area contributed by atoms with Crippen LogP contribution in [0.15, 0.2) is 22.6 Å². The summed E-state index contributed by atoms with van der Waals surface area (Å²) in [6.07, 6.45) is 0. The third-order valence-electron chi connectivity index (χ3n) is 4.22. The molecular weight excluding hydrogens is 362 g/mol. The molecular formula is C20H21N3O5. The van der Waals surface area contributed by atoms with Crippen LogP contribution in [0.5, 0.6) is 0 Å². The quantitative estimate of drug-likeness (QED) is 0.667. The van der Waals surface area contributed by atoms with Gasteiger partial charge in [-0.3, -0.25) is 0 Å². The average molecular weight is 383 g/mol. The molecule has 8 heteroatoms. The molecule has 0 saturated carbocycles. The Kier molecular flexibility index (Phi) is 5.30. The largest absolute Gasteiger partial charge is 0.462 e. The molecule has 146 valence electrons. The van der Waals surface area contributed by atoms with Gasteiger partial charge in [-0.05, 0) is 39.3 Å². The molecule has 0 bridgehead atoms. The first-order valence-electron chi connectivity index (χ1n) is 8.78. The van der Waals surface area contributed by atoms with E-state index in [0.29, 0.717) is 16.7 Å². The molecule has 0 amide bonds. The van der Waals surface area contributed by atoms with E-state index in [2.05, 4.69) is 9.97 Å². The van der Waals surface area contributed by atoms with Crippen LogP contribution < -0.4 is 5.73 Å². The smallest absolute Gasteiger partial charge is 0.342 e. The van der Waals surface area contributed by atoms with Crippen molar-refractivity contribution in [3.05, 3.63) is 52.0 Å². The number of rotatable bonds is 5. The maximum absolute atomic E-state index is 12.3. The Morgan fingerprint density at radius 1 is 1.11 bits per heavy atom. The molecule has 0 atom stereocenters. The second-order valence-corrected chi connectivity index (χ2v) is 6.35. The van der Waals surface area contributed by atoms with Gasteiger partial charge < -0.3 is 19.6 Å². The number of carbonyl (C=O) groups is 2. The summed E-state index contributed by atoms with van der Waals surface area (Å²) in [7, 11) is 0. The molecule has 0 radical (unpaired) electrons. The number of carbonyl (C=O) groups excluding carboxylic acids is 2. The average Bonchev–Trinajstić information content (AvgIpc) is 2.96. The number of esters is 2. The van der Waals surface area contributed by atoms with Crippen LogP contribution in [0.25, 0.3) is 11.1 Å². The van der Waals surface area contributed by atoms with Crippen LogP contribution in [0.4, 0.5) is 5.82 Å². The minimum absolute atomic E-state index is 0.0578. The summed E-state index contributed by atoms with van der Waals surface area (Å²) in [6.45, 7) is 7.15. The Hall–Kier alpha value is -3.42. The summed E-state index contributed by atoms with van der Waals surface area (Å²) in [5, 5.41) is 0.292. The third kappa shape index (κ3) is 3.66. The van der Waals surface area contributed by atoms with Crippen LogP contribution in [-0.2, 0) is 16.1 Å². The molecule has 3 aromatic rings. The highest BCUT2D eigenvalue weighted by atomic mass is 16.5. The molecule has 0 aliphatic heterocycles. The van der Waals surface area contributed by atoms with Gasteiger partial charge in [0.05, 0.1) is 17.6 Å². The van der Waals surface area contributed by atoms with E-state index in [1.807, 2.05) is 26.0 Å². The molecule has 1 aromatic carbocycles. The number of aromatic nitrogens is 2. The zero-order chi connectivity index (χ0) is 20.4. The predicted octanol–water partition coefficient (Wildman–Crippen LogP) is 3.26. The highest BCUT2D eigenvalue weighted by Crippen LogP contribution is 2.29. The summed E-state index contributed by atoms with van der Waals surface area (Å²) < 4.78 is 15.9. The van der Waals surface area contributed by atoms with Gasteiger partial charge in [-0.25, -0.2) is 14.6 Å². The van der Waals surface area contributed by atoms with Crippen molar-refractivity contribution >= 4 is 28.9 Å². The fraction of sp³-hybridized carbons (Fsp3) is 0.300. The van der Waals surface area contributed by atoms with Gasteiger partial charge >= 0.3 is 11.9 Å². The first kappa shape index (κ1) is 19.3. The van der Waals surface area contributed by atoms with Gasteiger partial charge in [0.25, 0.3) is 0 Å². The number of hydrogen-bond donors (Lipinski definition) is 1. The van der Waals surface area contributed by atoms with Gasteiger partial charge in [-0.1, -0.05) is 17.7 Å². The number of aryl methyl sites for hydroxylation is 3. The Balaban J connectivity index is 1.85. The molecule has 0 saturated heterocycles. The first-order valence-corrected chi connectivity index (χ1v) is 8.78. The highest BCUT2D eigenvalue weighted by molar-refractivity contribution is 6.07.